The van der Waals surface area contributed by atoms with Gasteiger partial charge in [0, 0.05) is 37.6 Å². The average Bonchev–Trinajstić information content (AvgIpc) is 2.47. The van der Waals surface area contributed by atoms with Crippen LogP contribution in [0.1, 0.15) is 20.3 Å². The third kappa shape index (κ3) is 2.00. The molecule has 1 saturated heterocycles. The molecule has 1 amide bonds. The maximum Gasteiger partial charge on any atom is 0.223 e. The molecular formula is C9H18N2O2. The smallest absolute Gasteiger partial charge is 0.223 e. The van der Waals surface area contributed by atoms with Crippen LogP contribution in [0, 0.1) is 5.92 Å². The molecule has 13 heavy (non-hydrogen) atoms. The number of rotatable bonds is 3. The maximum atomic E-state index is 11.5. The van der Waals surface area contributed by atoms with Crippen LogP contribution in [0.2, 0.25) is 0 Å². The van der Waals surface area contributed by atoms with Crippen molar-refractivity contribution in [1.82, 2.24) is 4.90 Å². The second kappa shape index (κ2) is 3.64. The number of amides is 1. The lowest BCUT2D eigenvalue weighted by molar-refractivity contribution is -0.131. The highest BCUT2D eigenvalue weighted by molar-refractivity contribution is 5.79. The molecule has 0 aromatic rings. The Morgan fingerprint density at radius 2 is 2.31 bits per heavy atom. The number of likely N-dealkylation sites (tertiary alicyclic amines) is 1. The number of aliphatic hydroxyl groups excluding tert-OH is 1. The van der Waals surface area contributed by atoms with Crippen LogP contribution in [0.5, 0.6) is 0 Å². The van der Waals surface area contributed by atoms with E-state index in [0.717, 1.165) is 0 Å². The number of nitrogens with zero attached hydrogens (tertiary/aromatic N) is 1. The third-order valence-corrected chi connectivity index (χ3v) is 2.69. The third-order valence-electron chi connectivity index (χ3n) is 2.69. The number of hydrogen-bond donors (Lipinski definition) is 2. The lowest BCUT2D eigenvalue weighted by atomic mass is 10.0. The van der Waals surface area contributed by atoms with Gasteiger partial charge in [0.1, 0.15) is 0 Å². The molecule has 0 saturated carbocycles. The van der Waals surface area contributed by atoms with E-state index < -0.39 is 0 Å². The van der Waals surface area contributed by atoms with E-state index in [0.29, 0.717) is 19.5 Å². The van der Waals surface area contributed by atoms with E-state index in [9.17, 15) is 4.79 Å². The molecule has 1 atom stereocenters. The van der Waals surface area contributed by atoms with E-state index in [2.05, 4.69) is 0 Å². The van der Waals surface area contributed by atoms with Gasteiger partial charge in [-0.2, -0.15) is 0 Å². The van der Waals surface area contributed by atoms with Gasteiger partial charge in [-0.15, -0.1) is 0 Å². The summed E-state index contributed by atoms with van der Waals surface area (Å²) in [5.41, 5.74) is 5.30. The van der Waals surface area contributed by atoms with Crippen LogP contribution in [0.25, 0.3) is 0 Å². The highest BCUT2D eigenvalue weighted by Gasteiger charge is 2.37. The Bertz CT molecular complexity index is 204. The summed E-state index contributed by atoms with van der Waals surface area (Å²) < 4.78 is 0. The van der Waals surface area contributed by atoms with Crippen molar-refractivity contribution in [1.29, 1.82) is 0 Å². The lowest BCUT2D eigenvalue weighted by Gasteiger charge is -2.34. The standard InChI is InChI=1S/C9H18N2O2/c1-9(2,6-10)11-4-7(5-12)3-8(11)13/h7,12H,3-6,10H2,1-2H3. The summed E-state index contributed by atoms with van der Waals surface area (Å²) in [6, 6.07) is 0. The van der Waals surface area contributed by atoms with Crippen molar-refractivity contribution in [2.75, 3.05) is 19.7 Å². The molecule has 1 fully saturated rings. The van der Waals surface area contributed by atoms with Crippen molar-refractivity contribution < 1.29 is 9.90 Å². The molecule has 0 radical (unpaired) electrons. The van der Waals surface area contributed by atoms with E-state index >= 15 is 0 Å². The van der Waals surface area contributed by atoms with E-state index in [1.165, 1.54) is 0 Å². The summed E-state index contributed by atoms with van der Waals surface area (Å²) in [7, 11) is 0. The topological polar surface area (TPSA) is 66.6 Å². The summed E-state index contributed by atoms with van der Waals surface area (Å²) in [5, 5.41) is 8.93. The zero-order chi connectivity index (χ0) is 10.1. The molecule has 1 heterocycles. The van der Waals surface area contributed by atoms with Gasteiger partial charge in [-0.05, 0) is 13.8 Å². The van der Waals surface area contributed by atoms with Crippen LogP contribution in [0.4, 0.5) is 0 Å². The largest absolute Gasteiger partial charge is 0.396 e. The van der Waals surface area contributed by atoms with Crippen molar-refractivity contribution in [3.63, 3.8) is 0 Å². The minimum atomic E-state index is -0.277. The molecule has 0 aromatic heterocycles. The van der Waals surface area contributed by atoms with Crippen molar-refractivity contribution in [3.8, 4) is 0 Å². The van der Waals surface area contributed by atoms with Crippen LogP contribution in [-0.4, -0.2) is 41.1 Å². The Balaban J connectivity index is 2.67. The summed E-state index contributed by atoms with van der Waals surface area (Å²) >= 11 is 0. The Labute approximate surface area is 78.7 Å². The van der Waals surface area contributed by atoms with Gasteiger partial charge < -0.3 is 15.7 Å². The zero-order valence-electron chi connectivity index (χ0n) is 8.29. The van der Waals surface area contributed by atoms with E-state index in [-0.39, 0.29) is 24.0 Å². The molecule has 4 nitrogen and oxygen atoms in total. The Hall–Kier alpha value is -0.610. The van der Waals surface area contributed by atoms with Crippen LogP contribution in [-0.2, 0) is 4.79 Å². The highest BCUT2D eigenvalue weighted by atomic mass is 16.3. The van der Waals surface area contributed by atoms with Gasteiger partial charge in [-0.1, -0.05) is 0 Å². The molecule has 1 aliphatic heterocycles. The fraction of sp³-hybridized carbons (Fsp3) is 0.889. The first-order chi connectivity index (χ1) is 6.01. The SMILES string of the molecule is CC(C)(CN)N1CC(CO)CC1=O. The molecule has 0 aromatic carbocycles. The first-order valence-corrected chi connectivity index (χ1v) is 4.62. The molecular weight excluding hydrogens is 168 g/mol. The summed E-state index contributed by atoms with van der Waals surface area (Å²) in [4.78, 5) is 13.3. The predicted octanol–water partition coefficient (Wildman–Crippen LogP) is -0.435. The minimum absolute atomic E-state index is 0.0862. The van der Waals surface area contributed by atoms with Crippen LogP contribution >= 0.6 is 0 Å². The fourth-order valence-electron chi connectivity index (χ4n) is 1.60. The van der Waals surface area contributed by atoms with Gasteiger partial charge in [-0.25, -0.2) is 0 Å². The Morgan fingerprint density at radius 1 is 1.69 bits per heavy atom. The van der Waals surface area contributed by atoms with Crippen LogP contribution < -0.4 is 5.73 Å². The maximum absolute atomic E-state index is 11.5. The summed E-state index contributed by atoms with van der Waals surface area (Å²) in [6.45, 7) is 5.08. The average molecular weight is 186 g/mol. The zero-order valence-corrected chi connectivity index (χ0v) is 8.29. The molecule has 1 aliphatic rings. The van der Waals surface area contributed by atoms with Crippen molar-refractivity contribution >= 4 is 5.91 Å². The normalized spacial score (nSPS) is 24.2. The van der Waals surface area contributed by atoms with Gasteiger partial charge in [-0.3, -0.25) is 4.79 Å². The van der Waals surface area contributed by atoms with Gasteiger partial charge in [0.15, 0.2) is 0 Å². The van der Waals surface area contributed by atoms with Crippen molar-refractivity contribution in [2.45, 2.75) is 25.8 Å². The molecule has 4 heteroatoms. The molecule has 0 spiro atoms. The van der Waals surface area contributed by atoms with Crippen LogP contribution in [0.3, 0.4) is 0 Å². The van der Waals surface area contributed by atoms with Crippen molar-refractivity contribution in [2.24, 2.45) is 11.7 Å². The first-order valence-electron chi connectivity index (χ1n) is 4.62. The Kier molecular flexibility index (Phi) is 2.93. The fourth-order valence-corrected chi connectivity index (χ4v) is 1.60. The van der Waals surface area contributed by atoms with Crippen molar-refractivity contribution in [3.05, 3.63) is 0 Å². The molecule has 76 valence electrons. The molecule has 3 N–H and O–H groups in total. The summed E-state index contributed by atoms with van der Waals surface area (Å²) in [6.07, 6.45) is 0.458. The number of carbonyl (C=O) groups excluding carboxylic acids is 1. The molecule has 1 unspecified atom stereocenters. The van der Waals surface area contributed by atoms with E-state index in [4.69, 9.17) is 10.8 Å². The molecule has 1 rings (SSSR count). The van der Waals surface area contributed by atoms with Gasteiger partial charge >= 0.3 is 0 Å². The number of hydrogen-bond acceptors (Lipinski definition) is 3. The van der Waals surface area contributed by atoms with E-state index in [1.54, 1.807) is 4.90 Å². The molecule has 0 bridgehead atoms. The number of nitrogens with two attached hydrogens (primary N) is 1. The number of aliphatic hydroxyl groups is 1. The minimum Gasteiger partial charge on any atom is -0.396 e. The lowest BCUT2D eigenvalue weighted by Crippen LogP contribution is -2.50. The molecule has 0 aliphatic carbocycles. The highest BCUT2D eigenvalue weighted by Crippen LogP contribution is 2.24. The van der Waals surface area contributed by atoms with Gasteiger partial charge in [0.25, 0.3) is 0 Å². The first kappa shape index (κ1) is 10.5. The Morgan fingerprint density at radius 3 is 2.69 bits per heavy atom. The van der Waals surface area contributed by atoms with E-state index in [1.807, 2.05) is 13.8 Å². The van der Waals surface area contributed by atoms with Crippen LogP contribution in [0.15, 0.2) is 0 Å². The second-order valence-electron chi connectivity index (χ2n) is 4.27. The summed E-state index contributed by atoms with van der Waals surface area (Å²) in [5.74, 6) is 0.202. The van der Waals surface area contributed by atoms with Gasteiger partial charge in [0.05, 0.1) is 0 Å². The monoisotopic (exact) mass is 186 g/mol. The number of carbonyl (C=O) groups is 1. The quantitative estimate of drug-likeness (QED) is 0.628. The predicted molar refractivity (Wildman–Crippen MR) is 50.0 cm³/mol. The van der Waals surface area contributed by atoms with Gasteiger partial charge in [0.2, 0.25) is 5.91 Å². The second-order valence-corrected chi connectivity index (χ2v) is 4.27.